The van der Waals surface area contributed by atoms with Gasteiger partial charge < -0.3 is 16.0 Å². The van der Waals surface area contributed by atoms with Gasteiger partial charge >= 0.3 is 0 Å². The Kier molecular flexibility index (Phi) is 7.20. The predicted molar refractivity (Wildman–Crippen MR) is 119 cm³/mol. The number of rotatable bonds is 8. The molecule has 1 aromatic heterocycles. The van der Waals surface area contributed by atoms with Gasteiger partial charge in [-0.1, -0.05) is 53.4 Å². The van der Waals surface area contributed by atoms with Gasteiger partial charge in [0.2, 0.25) is 11.0 Å². The minimum atomic E-state index is -0.284. The lowest BCUT2D eigenvalue weighted by Gasteiger charge is -2.11. The summed E-state index contributed by atoms with van der Waals surface area (Å²) < 4.78 is 0.707. The first-order valence-electron chi connectivity index (χ1n) is 8.99. The number of anilines is 3. The Bertz CT molecular complexity index is 976. The molecule has 3 aromatic rings. The van der Waals surface area contributed by atoms with Gasteiger partial charge in [-0.3, -0.25) is 9.59 Å². The van der Waals surface area contributed by atoms with Crippen LogP contribution >= 0.6 is 23.1 Å². The zero-order chi connectivity index (χ0) is 20.6. The highest BCUT2D eigenvalue weighted by Crippen LogP contribution is 2.26. The molecule has 150 valence electrons. The van der Waals surface area contributed by atoms with Crippen LogP contribution in [0.25, 0.3) is 0 Å². The van der Waals surface area contributed by atoms with Crippen molar-refractivity contribution in [2.45, 2.75) is 24.2 Å². The molecule has 3 N–H and O–H groups in total. The Hall–Kier alpha value is -2.91. The third kappa shape index (κ3) is 6.30. The summed E-state index contributed by atoms with van der Waals surface area (Å²) in [5.41, 5.74) is 1.55. The van der Waals surface area contributed by atoms with E-state index >= 15 is 0 Å². The van der Waals surface area contributed by atoms with Crippen LogP contribution in [0.2, 0.25) is 0 Å². The summed E-state index contributed by atoms with van der Waals surface area (Å²) in [6.45, 7) is 4.04. The first kappa shape index (κ1) is 20.8. The molecule has 0 bridgehead atoms. The number of carbonyl (C=O) groups excluding carboxylic acids is 2. The summed E-state index contributed by atoms with van der Waals surface area (Å²) in [5.74, 6) is -0.331. The molecule has 0 unspecified atom stereocenters. The lowest BCUT2D eigenvalue weighted by molar-refractivity contribution is -0.113. The van der Waals surface area contributed by atoms with Crippen LogP contribution in [-0.2, 0) is 4.79 Å². The van der Waals surface area contributed by atoms with E-state index in [-0.39, 0.29) is 23.6 Å². The lowest BCUT2D eigenvalue weighted by atomic mass is 10.1. The van der Waals surface area contributed by atoms with Gasteiger partial charge in [0.25, 0.3) is 5.91 Å². The summed E-state index contributed by atoms with van der Waals surface area (Å²) in [4.78, 5) is 25.0. The molecule has 0 spiro atoms. The minimum absolute atomic E-state index is 0.172. The normalized spacial score (nSPS) is 10.6. The highest BCUT2D eigenvalue weighted by atomic mass is 32.2. The second kappa shape index (κ2) is 10.0. The molecule has 7 nitrogen and oxygen atoms in total. The van der Waals surface area contributed by atoms with Crippen molar-refractivity contribution < 1.29 is 9.59 Å². The molecule has 9 heteroatoms. The summed E-state index contributed by atoms with van der Waals surface area (Å²) in [5, 5.41) is 17.7. The van der Waals surface area contributed by atoms with Crippen LogP contribution in [0.3, 0.4) is 0 Å². The number of benzene rings is 2. The topological polar surface area (TPSA) is 96.0 Å². The number of nitrogens with one attached hydrogen (secondary N) is 3. The van der Waals surface area contributed by atoms with Gasteiger partial charge in [0.15, 0.2) is 4.34 Å². The van der Waals surface area contributed by atoms with Crippen LogP contribution in [-0.4, -0.2) is 33.8 Å². The second-order valence-electron chi connectivity index (χ2n) is 6.37. The van der Waals surface area contributed by atoms with Crippen molar-refractivity contribution in [1.82, 2.24) is 10.2 Å². The predicted octanol–water partition coefficient (Wildman–Crippen LogP) is 4.34. The van der Waals surface area contributed by atoms with Crippen molar-refractivity contribution in [1.29, 1.82) is 0 Å². The molecule has 3 rings (SSSR count). The number of amides is 2. The summed E-state index contributed by atoms with van der Waals surface area (Å²) >= 11 is 2.71. The molecule has 0 aliphatic rings. The summed E-state index contributed by atoms with van der Waals surface area (Å²) in [6, 6.07) is 16.4. The molecule has 0 saturated heterocycles. The molecule has 0 atom stereocenters. The largest absolute Gasteiger partial charge is 0.358 e. The van der Waals surface area contributed by atoms with E-state index in [1.807, 2.05) is 32.0 Å². The zero-order valence-corrected chi connectivity index (χ0v) is 17.6. The van der Waals surface area contributed by atoms with Crippen molar-refractivity contribution in [3.8, 4) is 0 Å². The summed E-state index contributed by atoms with van der Waals surface area (Å²) in [7, 11) is 0. The highest BCUT2D eigenvalue weighted by Gasteiger charge is 2.14. The minimum Gasteiger partial charge on any atom is -0.358 e. The molecule has 0 aliphatic heterocycles. The number of thioether (sulfide) groups is 1. The van der Waals surface area contributed by atoms with E-state index in [2.05, 4.69) is 26.1 Å². The van der Waals surface area contributed by atoms with Gasteiger partial charge in [0, 0.05) is 11.7 Å². The van der Waals surface area contributed by atoms with Gasteiger partial charge in [0.1, 0.15) is 0 Å². The van der Waals surface area contributed by atoms with Crippen molar-refractivity contribution in [2.24, 2.45) is 0 Å². The smallest absolute Gasteiger partial charge is 0.257 e. The number of hydrogen-bond acceptors (Lipinski definition) is 7. The average Bonchev–Trinajstić information content (AvgIpc) is 3.14. The van der Waals surface area contributed by atoms with E-state index in [0.29, 0.717) is 21.3 Å². The third-order valence-electron chi connectivity index (χ3n) is 3.62. The zero-order valence-electron chi connectivity index (χ0n) is 16.0. The fourth-order valence-electron chi connectivity index (χ4n) is 2.40. The maximum atomic E-state index is 12.6. The first-order chi connectivity index (χ1) is 14.0. The SMILES string of the molecule is CC(C)Nc1nnc(SCC(=O)Nc2ccccc2C(=O)Nc2ccccc2)s1. The van der Waals surface area contributed by atoms with Gasteiger partial charge in [-0.25, -0.2) is 0 Å². The van der Waals surface area contributed by atoms with Crippen LogP contribution in [0.15, 0.2) is 58.9 Å². The Labute approximate surface area is 177 Å². The quantitative estimate of drug-likeness (QED) is 0.463. The first-order valence-corrected chi connectivity index (χ1v) is 10.8. The molecule has 1 heterocycles. The lowest BCUT2D eigenvalue weighted by Crippen LogP contribution is -2.19. The second-order valence-corrected chi connectivity index (χ2v) is 8.57. The molecular formula is C20H21N5O2S2. The molecule has 2 aromatic carbocycles. The number of nitrogens with zero attached hydrogens (tertiary/aromatic N) is 2. The van der Waals surface area contributed by atoms with Crippen LogP contribution in [0.5, 0.6) is 0 Å². The average molecular weight is 428 g/mol. The fourth-order valence-corrected chi connectivity index (χ4v) is 4.09. The summed E-state index contributed by atoms with van der Waals surface area (Å²) in [6.07, 6.45) is 0. The molecule has 2 amide bonds. The van der Waals surface area contributed by atoms with Gasteiger partial charge in [0.05, 0.1) is 17.0 Å². The maximum absolute atomic E-state index is 12.6. The van der Waals surface area contributed by atoms with Crippen LogP contribution in [0, 0.1) is 0 Å². The van der Waals surface area contributed by atoms with E-state index in [9.17, 15) is 9.59 Å². The molecule has 0 saturated carbocycles. The van der Waals surface area contributed by atoms with Gasteiger partial charge in [-0.15, -0.1) is 10.2 Å². The molecule has 0 radical (unpaired) electrons. The maximum Gasteiger partial charge on any atom is 0.257 e. The Morgan fingerprint density at radius 2 is 1.72 bits per heavy atom. The number of aromatic nitrogens is 2. The third-order valence-corrected chi connectivity index (χ3v) is 5.61. The molecule has 0 aliphatic carbocycles. The Morgan fingerprint density at radius 3 is 2.48 bits per heavy atom. The van der Waals surface area contributed by atoms with Crippen molar-refractivity contribution in [3.05, 3.63) is 60.2 Å². The van der Waals surface area contributed by atoms with Gasteiger partial charge in [-0.2, -0.15) is 0 Å². The number of para-hydroxylation sites is 2. The Morgan fingerprint density at radius 1 is 1.00 bits per heavy atom. The van der Waals surface area contributed by atoms with Gasteiger partial charge in [-0.05, 0) is 38.1 Å². The molecular weight excluding hydrogens is 406 g/mol. The van der Waals surface area contributed by atoms with E-state index in [1.54, 1.807) is 36.4 Å². The Balaban J connectivity index is 1.59. The van der Waals surface area contributed by atoms with Crippen LogP contribution in [0.1, 0.15) is 24.2 Å². The van der Waals surface area contributed by atoms with Crippen molar-refractivity contribution in [2.75, 3.05) is 21.7 Å². The van der Waals surface area contributed by atoms with Crippen LogP contribution < -0.4 is 16.0 Å². The van der Waals surface area contributed by atoms with Crippen molar-refractivity contribution in [3.63, 3.8) is 0 Å². The van der Waals surface area contributed by atoms with Crippen LogP contribution in [0.4, 0.5) is 16.5 Å². The molecule has 0 fully saturated rings. The van der Waals surface area contributed by atoms with Crippen molar-refractivity contribution >= 4 is 51.4 Å². The monoisotopic (exact) mass is 427 g/mol. The van der Waals surface area contributed by atoms with E-state index in [1.165, 1.54) is 23.1 Å². The highest BCUT2D eigenvalue weighted by molar-refractivity contribution is 8.01. The van der Waals surface area contributed by atoms with E-state index < -0.39 is 0 Å². The number of hydrogen-bond donors (Lipinski definition) is 3. The number of carbonyl (C=O) groups is 2. The standard InChI is InChI=1S/C20H21N5O2S2/c1-13(2)21-19-24-25-20(29-19)28-12-17(26)23-16-11-7-6-10-15(16)18(27)22-14-8-4-3-5-9-14/h3-11,13H,12H2,1-2H3,(H,21,24)(H,22,27)(H,23,26). The fraction of sp³-hybridized carbons (Fsp3) is 0.200. The molecule has 29 heavy (non-hydrogen) atoms. The van der Waals surface area contributed by atoms with E-state index in [0.717, 1.165) is 5.13 Å². The van der Waals surface area contributed by atoms with E-state index in [4.69, 9.17) is 0 Å².